The maximum absolute atomic E-state index is 12.6. The largest absolute Gasteiger partial charge is 0.411 e. The number of carbonyl (C=O) groups is 1. The molecule has 1 aliphatic rings. The van der Waals surface area contributed by atoms with Crippen molar-refractivity contribution in [3.8, 4) is 0 Å². The number of primary amides is 1. The molecule has 0 spiro atoms. The highest BCUT2D eigenvalue weighted by Gasteiger charge is 2.23. The van der Waals surface area contributed by atoms with Crippen molar-refractivity contribution in [1.82, 2.24) is 14.9 Å². The van der Waals surface area contributed by atoms with Crippen LogP contribution in [-0.4, -0.2) is 47.3 Å². The molecule has 0 aliphatic carbocycles. The van der Waals surface area contributed by atoms with Gasteiger partial charge in [-0.25, -0.2) is 0 Å². The molecule has 7 heteroatoms. The molecular formula is C31H34N4O3. The van der Waals surface area contributed by atoms with Crippen molar-refractivity contribution in [2.75, 3.05) is 19.6 Å². The lowest BCUT2D eigenvalue weighted by atomic mass is 10.0. The minimum Gasteiger partial charge on any atom is -0.411 e. The zero-order chi connectivity index (χ0) is 26.5. The number of aromatic nitrogens is 1. The van der Waals surface area contributed by atoms with Crippen molar-refractivity contribution in [2.24, 2.45) is 5.73 Å². The van der Waals surface area contributed by atoms with Crippen LogP contribution in [0.4, 0.5) is 0 Å². The second kappa shape index (κ2) is 11.6. The van der Waals surface area contributed by atoms with Crippen molar-refractivity contribution < 1.29 is 9.63 Å². The van der Waals surface area contributed by atoms with E-state index in [-0.39, 0.29) is 17.1 Å². The number of carbonyl (C=O) groups excluding carboxylic acids is 1. The summed E-state index contributed by atoms with van der Waals surface area (Å²) >= 11 is 0. The number of rotatable bonds is 9. The molecule has 3 aromatic carbocycles. The van der Waals surface area contributed by atoms with Gasteiger partial charge in [-0.05, 0) is 42.2 Å². The Morgan fingerprint density at radius 1 is 1.03 bits per heavy atom. The summed E-state index contributed by atoms with van der Waals surface area (Å²) in [6.07, 6.45) is 2.90. The van der Waals surface area contributed by atoms with E-state index in [1.165, 1.54) is 27.6 Å². The third kappa shape index (κ3) is 5.96. The quantitative estimate of drug-likeness (QED) is 0.361. The van der Waals surface area contributed by atoms with E-state index in [0.717, 1.165) is 32.6 Å². The highest BCUT2D eigenvalue weighted by atomic mass is 16.7. The molecule has 1 aromatic heterocycles. The molecule has 1 aliphatic heterocycles. The SMILES string of the molecule is CC(Cc1cccc(CN2CCNCC2Cc2ccccc2)c1)On1cc(C(N)=O)c(=O)c2ccccc21. The first kappa shape index (κ1) is 25.7. The molecule has 2 heterocycles. The van der Waals surface area contributed by atoms with E-state index in [4.69, 9.17) is 10.6 Å². The van der Waals surface area contributed by atoms with Gasteiger partial charge in [-0.1, -0.05) is 66.7 Å². The third-order valence-electron chi connectivity index (χ3n) is 7.12. The Labute approximate surface area is 222 Å². The lowest BCUT2D eigenvalue weighted by Gasteiger charge is -2.36. The summed E-state index contributed by atoms with van der Waals surface area (Å²) in [5.41, 5.74) is 9.41. The minimum absolute atomic E-state index is 0.0843. The second-order valence-electron chi connectivity index (χ2n) is 10.0. The van der Waals surface area contributed by atoms with Gasteiger partial charge in [0.15, 0.2) is 0 Å². The molecule has 1 fully saturated rings. The predicted octanol–water partition coefficient (Wildman–Crippen LogP) is 3.18. The Morgan fingerprint density at radius 2 is 1.76 bits per heavy atom. The lowest BCUT2D eigenvalue weighted by Crippen LogP contribution is -2.51. The summed E-state index contributed by atoms with van der Waals surface area (Å²) in [6, 6.07) is 26.8. The van der Waals surface area contributed by atoms with E-state index in [1.807, 2.05) is 13.0 Å². The number of nitrogens with two attached hydrogens (primary N) is 1. The summed E-state index contributed by atoms with van der Waals surface area (Å²) in [5.74, 6) is -0.767. The smallest absolute Gasteiger partial charge is 0.254 e. The number of amides is 1. The molecular weight excluding hydrogens is 476 g/mol. The maximum atomic E-state index is 12.6. The molecule has 2 unspecified atom stereocenters. The highest BCUT2D eigenvalue weighted by Crippen LogP contribution is 2.17. The van der Waals surface area contributed by atoms with Gasteiger partial charge in [-0.15, -0.1) is 0 Å². The fourth-order valence-corrected chi connectivity index (χ4v) is 5.26. The van der Waals surface area contributed by atoms with Gasteiger partial charge in [0.25, 0.3) is 5.91 Å². The second-order valence-corrected chi connectivity index (χ2v) is 10.0. The van der Waals surface area contributed by atoms with Gasteiger partial charge in [0.05, 0.1) is 11.7 Å². The first-order chi connectivity index (χ1) is 18.5. The van der Waals surface area contributed by atoms with Gasteiger partial charge >= 0.3 is 0 Å². The number of hydrogen-bond acceptors (Lipinski definition) is 5. The summed E-state index contributed by atoms with van der Waals surface area (Å²) in [7, 11) is 0. The molecule has 4 aromatic rings. The number of hydrogen-bond donors (Lipinski definition) is 2. The zero-order valence-electron chi connectivity index (χ0n) is 21.7. The van der Waals surface area contributed by atoms with Crippen LogP contribution in [0.15, 0.2) is 89.9 Å². The van der Waals surface area contributed by atoms with Crippen LogP contribution in [0, 0.1) is 0 Å². The van der Waals surface area contributed by atoms with Crippen molar-refractivity contribution >= 4 is 16.8 Å². The molecule has 7 nitrogen and oxygen atoms in total. The van der Waals surface area contributed by atoms with E-state index >= 15 is 0 Å². The molecule has 1 saturated heterocycles. The van der Waals surface area contributed by atoms with Crippen LogP contribution in [-0.2, 0) is 19.4 Å². The Morgan fingerprint density at radius 3 is 2.58 bits per heavy atom. The average Bonchev–Trinajstić information content (AvgIpc) is 2.92. The number of nitrogens with one attached hydrogen (secondary N) is 1. The monoisotopic (exact) mass is 510 g/mol. The van der Waals surface area contributed by atoms with E-state index < -0.39 is 5.91 Å². The third-order valence-corrected chi connectivity index (χ3v) is 7.12. The van der Waals surface area contributed by atoms with E-state index in [2.05, 4.69) is 64.8 Å². The van der Waals surface area contributed by atoms with Crippen molar-refractivity contribution in [3.63, 3.8) is 0 Å². The van der Waals surface area contributed by atoms with Gasteiger partial charge in [-0.3, -0.25) is 14.5 Å². The Hall–Kier alpha value is -3.94. The first-order valence-corrected chi connectivity index (χ1v) is 13.2. The van der Waals surface area contributed by atoms with Crippen LogP contribution in [0.3, 0.4) is 0 Å². The molecule has 3 N–H and O–H groups in total. The number of pyridine rings is 1. The van der Waals surface area contributed by atoms with Crippen LogP contribution < -0.4 is 21.3 Å². The number of benzene rings is 3. The van der Waals surface area contributed by atoms with Crippen molar-refractivity contribution in [3.05, 3.63) is 118 Å². The molecule has 38 heavy (non-hydrogen) atoms. The molecule has 2 atom stereocenters. The van der Waals surface area contributed by atoms with E-state index in [1.54, 1.807) is 18.2 Å². The van der Waals surface area contributed by atoms with Crippen LogP contribution in [0.2, 0.25) is 0 Å². The number of nitrogens with zero attached hydrogens (tertiary/aromatic N) is 2. The maximum Gasteiger partial charge on any atom is 0.254 e. The Balaban J connectivity index is 1.29. The number of para-hydroxylation sites is 1. The zero-order valence-corrected chi connectivity index (χ0v) is 21.7. The normalized spacial score (nSPS) is 16.8. The molecule has 196 valence electrons. The minimum atomic E-state index is -0.767. The van der Waals surface area contributed by atoms with E-state index in [0.29, 0.717) is 23.4 Å². The number of piperazine rings is 1. The van der Waals surface area contributed by atoms with Gasteiger partial charge < -0.3 is 15.9 Å². The summed E-state index contributed by atoms with van der Waals surface area (Å²) in [5, 5.41) is 3.95. The average molecular weight is 511 g/mol. The molecule has 5 rings (SSSR count). The first-order valence-electron chi connectivity index (χ1n) is 13.2. The van der Waals surface area contributed by atoms with Crippen LogP contribution in [0.25, 0.3) is 10.9 Å². The van der Waals surface area contributed by atoms with Gasteiger partial charge in [0.2, 0.25) is 5.43 Å². The van der Waals surface area contributed by atoms with Crippen LogP contribution in [0.5, 0.6) is 0 Å². The van der Waals surface area contributed by atoms with Gasteiger partial charge in [0.1, 0.15) is 11.7 Å². The molecule has 0 bridgehead atoms. The predicted molar refractivity (Wildman–Crippen MR) is 150 cm³/mol. The highest BCUT2D eigenvalue weighted by molar-refractivity contribution is 5.96. The standard InChI is InChI=1S/C31H34N4O3/c1-22(38-35-21-28(31(32)37)30(36)27-12-5-6-13-29(27)35)16-24-10-7-11-25(17-24)20-34-15-14-33-19-26(34)18-23-8-3-2-4-9-23/h2-13,17,21-22,26,33H,14-16,18-20H2,1H3,(H2,32,37). The summed E-state index contributed by atoms with van der Waals surface area (Å²) in [4.78, 5) is 33.3. The molecule has 0 saturated carbocycles. The molecule has 0 radical (unpaired) electrons. The van der Waals surface area contributed by atoms with Crippen LogP contribution in [0.1, 0.15) is 34.0 Å². The lowest BCUT2D eigenvalue weighted by molar-refractivity contribution is 0.0552. The van der Waals surface area contributed by atoms with Crippen molar-refractivity contribution in [1.29, 1.82) is 0 Å². The Kier molecular flexibility index (Phi) is 7.86. The van der Waals surface area contributed by atoms with Gasteiger partial charge in [-0.2, -0.15) is 4.73 Å². The van der Waals surface area contributed by atoms with Crippen molar-refractivity contribution in [2.45, 2.75) is 38.5 Å². The number of fused-ring (bicyclic) bond motifs is 1. The van der Waals surface area contributed by atoms with E-state index in [9.17, 15) is 9.59 Å². The topological polar surface area (TPSA) is 89.6 Å². The van der Waals surface area contributed by atoms with Gasteiger partial charge in [0, 0.05) is 44.0 Å². The Bertz CT molecular complexity index is 1470. The summed E-state index contributed by atoms with van der Waals surface area (Å²) < 4.78 is 1.50. The fourth-order valence-electron chi connectivity index (χ4n) is 5.26. The molecule has 1 amide bonds. The van der Waals surface area contributed by atoms with Crippen LogP contribution >= 0.6 is 0 Å². The summed E-state index contributed by atoms with van der Waals surface area (Å²) in [6.45, 7) is 5.88. The fraction of sp³-hybridized carbons (Fsp3) is 0.290.